The Morgan fingerprint density at radius 2 is 2.15 bits per heavy atom. The predicted octanol–water partition coefficient (Wildman–Crippen LogP) is 2.80. The molecule has 0 saturated carbocycles. The maximum Gasteiger partial charge on any atom is 0.322 e. The number of fused-ring (bicyclic) bond motifs is 1. The molecule has 2 aliphatic heterocycles. The number of anilines is 1. The normalized spacial score (nSPS) is 28.5. The molecular weight excluding hydrogens is 274 g/mol. The molecule has 0 radical (unpaired) electrons. The van der Waals surface area contributed by atoms with E-state index in [-0.39, 0.29) is 6.03 Å². The molecule has 2 fully saturated rings. The molecule has 2 saturated heterocycles. The molecule has 2 aliphatic rings. The van der Waals surface area contributed by atoms with Gasteiger partial charge in [-0.15, -0.1) is 0 Å². The first-order valence-corrected chi connectivity index (χ1v) is 7.60. The van der Waals surface area contributed by atoms with E-state index in [2.05, 4.69) is 17.6 Å². The zero-order valence-corrected chi connectivity index (χ0v) is 12.4. The highest BCUT2D eigenvalue weighted by molar-refractivity contribution is 6.30. The molecule has 0 spiro atoms. The SMILES string of the molecule is CCC1C2CNCC2CN1C(=O)Nc1ccc(Cl)cc1. The summed E-state index contributed by atoms with van der Waals surface area (Å²) in [6.45, 7) is 5.09. The van der Waals surface area contributed by atoms with Crippen LogP contribution in [-0.4, -0.2) is 36.6 Å². The van der Waals surface area contributed by atoms with Crippen LogP contribution >= 0.6 is 11.6 Å². The van der Waals surface area contributed by atoms with Crippen LogP contribution in [0.1, 0.15) is 13.3 Å². The average molecular weight is 294 g/mol. The van der Waals surface area contributed by atoms with Gasteiger partial charge >= 0.3 is 6.03 Å². The molecule has 0 aromatic heterocycles. The van der Waals surface area contributed by atoms with Crippen LogP contribution in [0.4, 0.5) is 10.5 Å². The van der Waals surface area contributed by atoms with Crippen molar-refractivity contribution in [1.82, 2.24) is 10.2 Å². The van der Waals surface area contributed by atoms with E-state index in [0.29, 0.717) is 22.9 Å². The van der Waals surface area contributed by atoms with E-state index in [0.717, 1.165) is 31.7 Å². The van der Waals surface area contributed by atoms with E-state index in [4.69, 9.17) is 11.6 Å². The second kappa shape index (κ2) is 5.62. The van der Waals surface area contributed by atoms with Gasteiger partial charge in [-0.1, -0.05) is 18.5 Å². The van der Waals surface area contributed by atoms with Gasteiger partial charge in [-0.25, -0.2) is 4.79 Å². The van der Waals surface area contributed by atoms with E-state index >= 15 is 0 Å². The number of benzene rings is 1. The summed E-state index contributed by atoms with van der Waals surface area (Å²) in [4.78, 5) is 14.5. The molecule has 20 heavy (non-hydrogen) atoms. The number of rotatable bonds is 2. The molecule has 3 unspecified atom stereocenters. The first-order valence-electron chi connectivity index (χ1n) is 7.23. The molecule has 3 rings (SSSR count). The van der Waals surface area contributed by atoms with Crippen LogP contribution in [0, 0.1) is 11.8 Å². The zero-order chi connectivity index (χ0) is 14.1. The summed E-state index contributed by atoms with van der Waals surface area (Å²) < 4.78 is 0. The minimum Gasteiger partial charge on any atom is -0.321 e. The molecule has 2 amide bonds. The summed E-state index contributed by atoms with van der Waals surface area (Å²) in [5, 5.41) is 7.08. The molecule has 0 aliphatic carbocycles. The molecule has 108 valence electrons. The maximum atomic E-state index is 12.5. The molecule has 1 aromatic carbocycles. The fourth-order valence-electron chi connectivity index (χ4n) is 3.51. The van der Waals surface area contributed by atoms with Crippen molar-refractivity contribution < 1.29 is 4.79 Å². The summed E-state index contributed by atoms with van der Waals surface area (Å²) in [5.74, 6) is 1.21. The Morgan fingerprint density at radius 3 is 2.85 bits per heavy atom. The number of nitrogens with zero attached hydrogens (tertiary/aromatic N) is 1. The molecular formula is C15H20ClN3O. The third-order valence-electron chi connectivity index (χ3n) is 4.49. The molecule has 4 nitrogen and oxygen atoms in total. The lowest BCUT2D eigenvalue weighted by Gasteiger charge is -2.27. The number of hydrogen-bond donors (Lipinski definition) is 2. The van der Waals surface area contributed by atoms with Crippen LogP contribution in [-0.2, 0) is 0 Å². The molecule has 2 N–H and O–H groups in total. The lowest BCUT2D eigenvalue weighted by molar-refractivity contribution is 0.196. The van der Waals surface area contributed by atoms with E-state index in [1.807, 2.05) is 17.0 Å². The summed E-state index contributed by atoms with van der Waals surface area (Å²) >= 11 is 5.86. The fourth-order valence-corrected chi connectivity index (χ4v) is 3.63. The quantitative estimate of drug-likeness (QED) is 0.881. The van der Waals surface area contributed by atoms with Gasteiger partial charge in [0.05, 0.1) is 0 Å². The van der Waals surface area contributed by atoms with Crippen molar-refractivity contribution in [2.24, 2.45) is 11.8 Å². The van der Waals surface area contributed by atoms with Crippen LogP contribution in [0.2, 0.25) is 5.02 Å². The maximum absolute atomic E-state index is 12.5. The highest BCUT2D eigenvalue weighted by Gasteiger charge is 2.45. The molecule has 3 atom stereocenters. The minimum absolute atomic E-state index is 0.00794. The number of nitrogens with one attached hydrogen (secondary N) is 2. The van der Waals surface area contributed by atoms with E-state index < -0.39 is 0 Å². The van der Waals surface area contributed by atoms with Crippen molar-refractivity contribution in [2.75, 3.05) is 25.0 Å². The number of hydrogen-bond acceptors (Lipinski definition) is 2. The van der Waals surface area contributed by atoms with Gasteiger partial charge in [0.2, 0.25) is 0 Å². The van der Waals surface area contributed by atoms with Crippen molar-refractivity contribution in [2.45, 2.75) is 19.4 Å². The van der Waals surface area contributed by atoms with Gasteiger partial charge in [-0.3, -0.25) is 0 Å². The molecule has 0 bridgehead atoms. The van der Waals surface area contributed by atoms with Gasteiger partial charge in [0, 0.05) is 36.4 Å². The van der Waals surface area contributed by atoms with Crippen LogP contribution in [0.5, 0.6) is 0 Å². The Bertz CT molecular complexity index is 490. The number of likely N-dealkylation sites (tertiary alicyclic amines) is 1. The Hall–Kier alpha value is -1.26. The molecule has 1 aromatic rings. The topological polar surface area (TPSA) is 44.4 Å². The van der Waals surface area contributed by atoms with Gasteiger partial charge in [0.25, 0.3) is 0 Å². The summed E-state index contributed by atoms with van der Waals surface area (Å²) in [7, 11) is 0. The van der Waals surface area contributed by atoms with Gasteiger partial charge in [0.1, 0.15) is 0 Å². The minimum atomic E-state index is 0.00794. The third-order valence-corrected chi connectivity index (χ3v) is 4.74. The van der Waals surface area contributed by atoms with Gasteiger partial charge in [-0.2, -0.15) is 0 Å². The van der Waals surface area contributed by atoms with Crippen LogP contribution in [0.25, 0.3) is 0 Å². The third kappa shape index (κ3) is 2.50. The average Bonchev–Trinajstić information content (AvgIpc) is 3.01. The van der Waals surface area contributed by atoms with E-state index in [9.17, 15) is 4.79 Å². The Kier molecular flexibility index (Phi) is 3.85. The number of amides is 2. The smallest absolute Gasteiger partial charge is 0.321 e. The monoisotopic (exact) mass is 293 g/mol. The fraction of sp³-hybridized carbons (Fsp3) is 0.533. The molecule has 2 heterocycles. The second-order valence-corrected chi connectivity index (χ2v) is 6.08. The number of urea groups is 1. The van der Waals surface area contributed by atoms with Crippen LogP contribution < -0.4 is 10.6 Å². The number of halogens is 1. The summed E-state index contributed by atoms with van der Waals surface area (Å²) in [5.41, 5.74) is 0.796. The first-order chi connectivity index (χ1) is 9.69. The summed E-state index contributed by atoms with van der Waals surface area (Å²) in [6, 6.07) is 7.60. The van der Waals surface area contributed by atoms with E-state index in [1.54, 1.807) is 12.1 Å². The highest BCUT2D eigenvalue weighted by Crippen LogP contribution is 2.34. The van der Waals surface area contributed by atoms with Gasteiger partial charge in [0.15, 0.2) is 0 Å². The Labute approximate surface area is 124 Å². The lowest BCUT2D eigenvalue weighted by atomic mass is 9.93. The Morgan fingerprint density at radius 1 is 1.40 bits per heavy atom. The van der Waals surface area contributed by atoms with Crippen molar-refractivity contribution >= 4 is 23.3 Å². The number of carbonyl (C=O) groups excluding carboxylic acids is 1. The van der Waals surface area contributed by atoms with Crippen molar-refractivity contribution in [3.05, 3.63) is 29.3 Å². The van der Waals surface area contributed by atoms with Crippen LogP contribution in [0.15, 0.2) is 24.3 Å². The largest absolute Gasteiger partial charge is 0.322 e. The van der Waals surface area contributed by atoms with Gasteiger partial charge < -0.3 is 15.5 Å². The van der Waals surface area contributed by atoms with Crippen molar-refractivity contribution in [1.29, 1.82) is 0 Å². The Balaban J connectivity index is 1.69. The second-order valence-electron chi connectivity index (χ2n) is 5.65. The molecule has 5 heteroatoms. The van der Waals surface area contributed by atoms with Crippen molar-refractivity contribution in [3.63, 3.8) is 0 Å². The number of carbonyl (C=O) groups is 1. The highest BCUT2D eigenvalue weighted by atomic mass is 35.5. The first kappa shape index (κ1) is 13.7. The predicted molar refractivity (Wildman–Crippen MR) is 81.1 cm³/mol. The van der Waals surface area contributed by atoms with Gasteiger partial charge in [-0.05, 0) is 42.5 Å². The standard InChI is InChI=1S/C15H20ClN3O/c1-2-14-13-8-17-7-10(13)9-19(14)15(20)18-12-5-3-11(16)4-6-12/h3-6,10,13-14,17H,2,7-9H2,1H3,(H,18,20). The van der Waals surface area contributed by atoms with Crippen LogP contribution in [0.3, 0.4) is 0 Å². The van der Waals surface area contributed by atoms with E-state index in [1.165, 1.54) is 0 Å². The lowest BCUT2D eigenvalue weighted by Crippen LogP contribution is -2.42. The summed E-state index contributed by atoms with van der Waals surface area (Å²) in [6.07, 6.45) is 1.01. The van der Waals surface area contributed by atoms with Crippen molar-refractivity contribution in [3.8, 4) is 0 Å². The zero-order valence-electron chi connectivity index (χ0n) is 11.6.